The SMILES string of the molecule is CCCCCOc1ccc(C2C(C#N)=C(N)Oc3cc(OC(=O)c4ccc(F)cc4)ccc32)cc1OCC. The van der Waals surface area contributed by atoms with E-state index in [1.165, 1.54) is 24.3 Å². The summed E-state index contributed by atoms with van der Waals surface area (Å²) in [5.74, 6) is 0.129. The van der Waals surface area contributed by atoms with Crippen LogP contribution in [0.2, 0.25) is 0 Å². The van der Waals surface area contributed by atoms with Gasteiger partial charge in [-0.05, 0) is 61.4 Å². The Labute approximate surface area is 221 Å². The zero-order valence-corrected chi connectivity index (χ0v) is 21.3. The predicted octanol–water partition coefficient (Wildman–Crippen LogP) is 6.23. The number of unbranched alkanes of at least 4 members (excludes halogenated alkanes) is 2. The number of nitriles is 1. The van der Waals surface area contributed by atoms with Crippen LogP contribution in [0, 0.1) is 17.1 Å². The van der Waals surface area contributed by atoms with Gasteiger partial charge in [-0.25, -0.2) is 9.18 Å². The van der Waals surface area contributed by atoms with Crippen molar-refractivity contribution >= 4 is 5.97 Å². The zero-order valence-electron chi connectivity index (χ0n) is 21.3. The van der Waals surface area contributed by atoms with Gasteiger partial charge >= 0.3 is 5.97 Å². The summed E-state index contributed by atoms with van der Waals surface area (Å²) in [5, 5.41) is 9.91. The van der Waals surface area contributed by atoms with Crippen molar-refractivity contribution in [2.45, 2.75) is 39.0 Å². The number of carbonyl (C=O) groups is 1. The minimum Gasteiger partial charge on any atom is -0.490 e. The highest BCUT2D eigenvalue weighted by molar-refractivity contribution is 5.91. The van der Waals surface area contributed by atoms with Crippen LogP contribution in [-0.4, -0.2) is 19.2 Å². The van der Waals surface area contributed by atoms with E-state index in [2.05, 4.69) is 13.0 Å². The lowest BCUT2D eigenvalue weighted by Crippen LogP contribution is -2.21. The van der Waals surface area contributed by atoms with Gasteiger partial charge in [0.1, 0.15) is 29.0 Å². The number of benzene rings is 3. The molecule has 0 bridgehead atoms. The maximum absolute atomic E-state index is 13.2. The molecule has 196 valence electrons. The van der Waals surface area contributed by atoms with Crippen molar-refractivity contribution in [3.05, 3.63) is 94.6 Å². The Morgan fingerprint density at radius 2 is 1.82 bits per heavy atom. The van der Waals surface area contributed by atoms with E-state index in [4.69, 9.17) is 24.7 Å². The predicted molar refractivity (Wildman–Crippen MR) is 140 cm³/mol. The number of ether oxygens (including phenoxy) is 4. The highest BCUT2D eigenvalue weighted by Crippen LogP contribution is 2.45. The molecule has 1 heterocycles. The first-order valence-corrected chi connectivity index (χ1v) is 12.5. The van der Waals surface area contributed by atoms with Crippen molar-refractivity contribution in [2.24, 2.45) is 5.73 Å². The van der Waals surface area contributed by atoms with Gasteiger partial charge in [-0.1, -0.05) is 31.9 Å². The average Bonchev–Trinajstić information content (AvgIpc) is 2.91. The molecule has 1 aliphatic heterocycles. The number of fused-ring (bicyclic) bond motifs is 1. The third-order valence-electron chi connectivity index (χ3n) is 6.09. The molecule has 0 amide bonds. The third kappa shape index (κ3) is 5.89. The third-order valence-corrected chi connectivity index (χ3v) is 6.09. The van der Waals surface area contributed by atoms with Gasteiger partial charge < -0.3 is 24.7 Å². The number of nitrogens with zero attached hydrogens (tertiary/aromatic N) is 1. The fourth-order valence-electron chi connectivity index (χ4n) is 4.22. The van der Waals surface area contributed by atoms with Crippen molar-refractivity contribution in [3.8, 4) is 29.1 Å². The maximum atomic E-state index is 13.2. The fourth-order valence-corrected chi connectivity index (χ4v) is 4.22. The van der Waals surface area contributed by atoms with Crippen LogP contribution in [0.25, 0.3) is 0 Å². The van der Waals surface area contributed by atoms with E-state index < -0.39 is 17.7 Å². The number of hydrogen-bond acceptors (Lipinski definition) is 7. The molecule has 0 fully saturated rings. The molecule has 1 unspecified atom stereocenters. The van der Waals surface area contributed by atoms with Gasteiger partial charge in [0.2, 0.25) is 5.88 Å². The first-order valence-electron chi connectivity index (χ1n) is 12.5. The molecule has 4 rings (SSSR count). The summed E-state index contributed by atoms with van der Waals surface area (Å²) in [6, 6.07) is 17.7. The van der Waals surface area contributed by atoms with E-state index in [9.17, 15) is 14.4 Å². The standard InChI is InChI=1S/C30H29FN2O5/c1-3-5-6-15-36-25-14-9-20(16-27(25)35-4-2)28-23-13-12-22(17-26(23)38-29(33)24(28)18-32)37-30(34)19-7-10-21(31)11-8-19/h7-14,16-17,28H,3-6,15,33H2,1-2H3. The number of hydrogen-bond donors (Lipinski definition) is 1. The van der Waals surface area contributed by atoms with Crippen LogP contribution < -0.4 is 24.7 Å². The van der Waals surface area contributed by atoms with E-state index in [0.717, 1.165) is 24.8 Å². The number of allylic oxidation sites excluding steroid dienone is 1. The number of nitrogens with two attached hydrogens (primary N) is 1. The monoisotopic (exact) mass is 516 g/mol. The van der Waals surface area contributed by atoms with E-state index >= 15 is 0 Å². The molecule has 7 nitrogen and oxygen atoms in total. The number of rotatable bonds is 10. The highest BCUT2D eigenvalue weighted by atomic mass is 19.1. The van der Waals surface area contributed by atoms with Gasteiger partial charge in [-0.15, -0.1) is 0 Å². The summed E-state index contributed by atoms with van der Waals surface area (Å²) >= 11 is 0. The Morgan fingerprint density at radius 3 is 2.53 bits per heavy atom. The molecule has 8 heteroatoms. The molecular formula is C30H29FN2O5. The van der Waals surface area contributed by atoms with Gasteiger partial charge in [-0.3, -0.25) is 0 Å². The minimum absolute atomic E-state index is 0.0372. The summed E-state index contributed by atoms with van der Waals surface area (Å²) in [6.45, 7) is 5.06. The second-order valence-corrected chi connectivity index (χ2v) is 8.72. The quantitative estimate of drug-likeness (QED) is 0.193. The summed E-state index contributed by atoms with van der Waals surface area (Å²) in [5.41, 5.74) is 8.06. The summed E-state index contributed by atoms with van der Waals surface area (Å²) in [7, 11) is 0. The van der Waals surface area contributed by atoms with E-state index in [0.29, 0.717) is 36.0 Å². The van der Waals surface area contributed by atoms with E-state index in [1.807, 2.05) is 25.1 Å². The molecule has 1 atom stereocenters. The molecule has 0 aliphatic carbocycles. The second kappa shape index (κ2) is 12.2. The number of esters is 1. The molecule has 0 saturated heterocycles. The smallest absolute Gasteiger partial charge is 0.343 e. The van der Waals surface area contributed by atoms with Crippen LogP contribution in [0.1, 0.15) is 60.5 Å². The van der Waals surface area contributed by atoms with Crippen molar-refractivity contribution in [2.75, 3.05) is 13.2 Å². The fraction of sp³-hybridized carbons (Fsp3) is 0.267. The molecule has 0 spiro atoms. The lowest BCUT2D eigenvalue weighted by atomic mass is 9.83. The molecule has 0 aromatic heterocycles. The average molecular weight is 517 g/mol. The molecule has 3 aromatic carbocycles. The van der Waals surface area contributed by atoms with Crippen molar-refractivity contribution in [1.29, 1.82) is 5.26 Å². The van der Waals surface area contributed by atoms with Crippen LogP contribution in [-0.2, 0) is 0 Å². The summed E-state index contributed by atoms with van der Waals surface area (Å²) in [4.78, 5) is 12.5. The van der Waals surface area contributed by atoms with Crippen LogP contribution in [0.4, 0.5) is 4.39 Å². The van der Waals surface area contributed by atoms with Crippen molar-refractivity contribution < 1.29 is 28.1 Å². The first-order chi connectivity index (χ1) is 18.4. The Morgan fingerprint density at radius 1 is 1.03 bits per heavy atom. The Bertz CT molecular complexity index is 1380. The van der Waals surface area contributed by atoms with Gasteiger partial charge in [0.05, 0.1) is 24.7 Å². The van der Waals surface area contributed by atoms with Gasteiger partial charge in [0.15, 0.2) is 11.5 Å². The lowest BCUT2D eigenvalue weighted by molar-refractivity contribution is 0.0734. The molecule has 38 heavy (non-hydrogen) atoms. The number of carbonyl (C=O) groups excluding carboxylic acids is 1. The van der Waals surface area contributed by atoms with Crippen LogP contribution in [0.5, 0.6) is 23.0 Å². The maximum Gasteiger partial charge on any atom is 0.343 e. The van der Waals surface area contributed by atoms with E-state index in [-0.39, 0.29) is 22.8 Å². The Kier molecular flexibility index (Phi) is 8.49. The Balaban J connectivity index is 1.64. The van der Waals surface area contributed by atoms with Crippen LogP contribution in [0.3, 0.4) is 0 Å². The Hall–Kier alpha value is -4.51. The molecule has 1 aliphatic rings. The molecular weight excluding hydrogens is 487 g/mol. The van der Waals surface area contributed by atoms with Gasteiger partial charge in [0, 0.05) is 11.6 Å². The first kappa shape index (κ1) is 26.6. The molecule has 3 aromatic rings. The molecule has 0 saturated carbocycles. The van der Waals surface area contributed by atoms with Crippen LogP contribution in [0.15, 0.2) is 72.1 Å². The highest BCUT2D eigenvalue weighted by Gasteiger charge is 2.32. The topological polar surface area (TPSA) is 104 Å². The van der Waals surface area contributed by atoms with Crippen molar-refractivity contribution in [1.82, 2.24) is 0 Å². The van der Waals surface area contributed by atoms with E-state index in [1.54, 1.807) is 18.2 Å². The van der Waals surface area contributed by atoms with Crippen LogP contribution >= 0.6 is 0 Å². The summed E-state index contributed by atoms with van der Waals surface area (Å²) < 4.78 is 36.2. The minimum atomic E-state index is -0.644. The normalized spacial score (nSPS) is 14.2. The second-order valence-electron chi connectivity index (χ2n) is 8.72. The van der Waals surface area contributed by atoms with Gasteiger partial charge in [0.25, 0.3) is 0 Å². The number of halogens is 1. The lowest BCUT2D eigenvalue weighted by Gasteiger charge is -2.27. The molecule has 2 N–H and O–H groups in total. The molecule has 0 radical (unpaired) electrons. The zero-order chi connectivity index (χ0) is 27.1. The largest absolute Gasteiger partial charge is 0.490 e. The van der Waals surface area contributed by atoms with Gasteiger partial charge in [-0.2, -0.15) is 5.26 Å². The van der Waals surface area contributed by atoms with Crippen molar-refractivity contribution in [3.63, 3.8) is 0 Å². The summed E-state index contributed by atoms with van der Waals surface area (Å²) in [6.07, 6.45) is 3.13.